The highest BCUT2D eigenvalue weighted by atomic mass is 79.9. The number of hydrogen-bond acceptors (Lipinski definition) is 1. The Morgan fingerprint density at radius 3 is 2.42 bits per heavy atom. The number of carbonyl (C=O) groups excluding carboxylic acids is 1. The van der Waals surface area contributed by atoms with Crippen molar-refractivity contribution in [1.82, 2.24) is 0 Å². The van der Waals surface area contributed by atoms with Gasteiger partial charge in [-0.2, -0.15) is 0 Å². The van der Waals surface area contributed by atoms with Crippen LogP contribution in [-0.2, 0) is 0 Å². The normalized spacial score (nSPS) is 10.3. The Morgan fingerprint density at radius 1 is 1.16 bits per heavy atom. The predicted molar refractivity (Wildman–Crippen MR) is 86.0 cm³/mol. The minimum Gasteiger partial charge on any atom is -0.321 e. The molecule has 2 aromatic carbocycles. The van der Waals surface area contributed by atoms with Crippen LogP contribution in [0.4, 0.5) is 5.69 Å². The summed E-state index contributed by atoms with van der Waals surface area (Å²) in [6.07, 6.45) is 0. The second kappa shape index (κ2) is 6.07. The zero-order chi connectivity index (χ0) is 14.0. The number of aryl methyl sites for hydroxylation is 1. The topological polar surface area (TPSA) is 29.1 Å². The quantitative estimate of drug-likeness (QED) is 0.712. The standard InChI is InChI=1S/C14H10Br2ClNO/c1-8-6-11(16)13(7-12(8)17)18-14(19)9-2-4-10(15)5-3-9/h2-7H,1H3,(H,18,19). The molecule has 19 heavy (non-hydrogen) atoms. The Hall–Kier alpha value is -0.840. The number of benzene rings is 2. The van der Waals surface area contributed by atoms with Gasteiger partial charge in [0, 0.05) is 19.5 Å². The van der Waals surface area contributed by atoms with Crippen molar-refractivity contribution in [2.24, 2.45) is 0 Å². The molecule has 0 radical (unpaired) electrons. The summed E-state index contributed by atoms with van der Waals surface area (Å²) < 4.78 is 1.74. The van der Waals surface area contributed by atoms with E-state index in [-0.39, 0.29) is 5.91 Å². The lowest BCUT2D eigenvalue weighted by atomic mass is 10.2. The summed E-state index contributed by atoms with van der Waals surface area (Å²) in [5, 5.41) is 3.45. The molecule has 0 aliphatic carbocycles. The van der Waals surface area contributed by atoms with Gasteiger partial charge < -0.3 is 5.32 Å². The van der Waals surface area contributed by atoms with Crippen molar-refractivity contribution in [1.29, 1.82) is 0 Å². The number of hydrogen-bond donors (Lipinski definition) is 1. The molecular formula is C14H10Br2ClNO. The van der Waals surface area contributed by atoms with E-state index in [0.29, 0.717) is 16.3 Å². The first-order chi connectivity index (χ1) is 8.97. The number of nitrogens with one attached hydrogen (secondary N) is 1. The third-order valence-corrected chi connectivity index (χ3v) is 4.19. The minimum absolute atomic E-state index is 0.173. The molecule has 1 N–H and O–H groups in total. The molecule has 5 heteroatoms. The SMILES string of the molecule is Cc1cc(Br)c(NC(=O)c2ccc(Br)cc2)cc1Cl. The van der Waals surface area contributed by atoms with Crippen LogP contribution in [0, 0.1) is 6.92 Å². The summed E-state index contributed by atoms with van der Waals surface area (Å²) >= 11 is 12.8. The zero-order valence-electron chi connectivity index (χ0n) is 10.0. The molecule has 2 rings (SSSR count). The predicted octanol–water partition coefficient (Wildman–Crippen LogP) is 5.43. The van der Waals surface area contributed by atoms with E-state index in [1.807, 2.05) is 25.1 Å². The molecule has 1 amide bonds. The average molecular weight is 404 g/mol. The fourth-order valence-electron chi connectivity index (χ4n) is 1.54. The molecule has 0 atom stereocenters. The van der Waals surface area contributed by atoms with Crippen molar-refractivity contribution in [2.45, 2.75) is 6.92 Å². The van der Waals surface area contributed by atoms with Crippen LogP contribution in [0.5, 0.6) is 0 Å². The Kier molecular flexibility index (Phi) is 4.66. The van der Waals surface area contributed by atoms with E-state index in [9.17, 15) is 4.79 Å². The van der Waals surface area contributed by atoms with E-state index in [4.69, 9.17) is 11.6 Å². The molecule has 0 bridgehead atoms. The zero-order valence-corrected chi connectivity index (χ0v) is 13.9. The van der Waals surface area contributed by atoms with E-state index in [0.717, 1.165) is 14.5 Å². The van der Waals surface area contributed by atoms with Gasteiger partial charge in [-0.15, -0.1) is 0 Å². The van der Waals surface area contributed by atoms with Crippen molar-refractivity contribution in [3.8, 4) is 0 Å². The van der Waals surface area contributed by atoms with Gasteiger partial charge in [0.15, 0.2) is 0 Å². The van der Waals surface area contributed by atoms with Crippen molar-refractivity contribution < 1.29 is 4.79 Å². The number of amides is 1. The van der Waals surface area contributed by atoms with E-state index >= 15 is 0 Å². The van der Waals surface area contributed by atoms with Crippen LogP contribution in [-0.4, -0.2) is 5.91 Å². The smallest absolute Gasteiger partial charge is 0.255 e. The Balaban J connectivity index is 2.24. The molecule has 2 nitrogen and oxygen atoms in total. The lowest BCUT2D eigenvalue weighted by molar-refractivity contribution is 0.102. The van der Waals surface area contributed by atoms with Gasteiger partial charge >= 0.3 is 0 Å². The van der Waals surface area contributed by atoms with E-state index < -0.39 is 0 Å². The van der Waals surface area contributed by atoms with Crippen molar-refractivity contribution in [2.75, 3.05) is 5.32 Å². The van der Waals surface area contributed by atoms with E-state index in [1.165, 1.54) is 0 Å². The Morgan fingerprint density at radius 2 is 1.79 bits per heavy atom. The summed E-state index contributed by atoms with van der Waals surface area (Å²) in [4.78, 5) is 12.1. The molecule has 0 aromatic heterocycles. The van der Waals surface area contributed by atoms with Gasteiger partial charge in [0.1, 0.15) is 0 Å². The van der Waals surface area contributed by atoms with Crippen molar-refractivity contribution >= 4 is 55.1 Å². The largest absolute Gasteiger partial charge is 0.321 e. The maximum absolute atomic E-state index is 12.1. The van der Waals surface area contributed by atoms with Crippen LogP contribution in [0.15, 0.2) is 45.3 Å². The maximum atomic E-state index is 12.1. The molecule has 2 aromatic rings. The van der Waals surface area contributed by atoms with Gasteiger partial charge in [-0.05, 0) is 64.8 Å². The lowest BCUT2D eigenvalue weighted by Crippen LogP contribution is -2.12. The van der Waals surface area contributed by atoms with E-state index in [2.05, 4.69) is 37.2 Å². The molecule has 0 saturated carbocycles. The number of carbonyl (C=O) groups is 1. The maximum Gasteiger partial charge on any atom is 0.255 e. The van der Waals surface area contributed by atoms with Crippen LogP contribution >= 0.6 is 43.5 Å². The second-order valence-electron chi connectivity index (χ2n) is 4.04. The third-order valence-electron chi connectivity index (χ3n) is 2.60. The molecule has 98 valence electrons. The fraction of sp³-hybridized carbons (Fsp3) is 0.0714. The second-order valence-corrected chi connectivity index (χ2v) is 6.22. The first-order valence-corrected chi connectivity index (χ1v) is 7.46. The monoisotopic (exact) mass is 401 g/mol. The summed E-state index contributed by atoms with van der Waals surface area (Å²) in [5.41, 5.74) is 2.20. The van der Waals surface area contributed by atoms with Gasteiger partial charge in [0.2, 0.25) is 0 Å². The number of anilines is 1. The van der Waals surface area contributed by atoms with Gasteiger partial charge in [-0.1, -0.05) is 27.5 Å². The third kappa shape index (κ3) is 3.59. The van der Waals surface area contributed by atoms with Gasteiger partial charge in [-0.25, -0.2) is 0 Å². The first kappa shape index (κ1) is 14.6. The molecular weight excluding hydrogens is 393 g/mol. The van der Waals surface area contributed by atoms with Crippen molar-refractivity contribution in [3.05, 3.63) is 61.5 Å². The highest BCUT2D eigenvalue weighted by Crippen LogP contribution is 2.29. The minimum atomic E-state index is -0.173. The van der Waals surface area contributed by atoms with Gasteiger partial charge in [-0.3, -0.25) is 4.79 Å². The first-order valence-electron chi connectivity index (χ1n) is 5.50. The van der Waals surface area contributed by atoms with Gasteiger partial charge in [0.05, 0.1) is 5.69 Å². The summed E-state index contributed by atoms with van der Waals surface area (Å²) in [5.74, 6) is -0.173. The summed E-state index contributed by atoms with van der Waals surface area (Å²) in [7, 11) is 0. The molecule has 0 aliphatic rings. The Labute approximate surface area is 133 Å². The molecule has 0 heterocycles. The van der Waals surface area contributed by atoms with Crippen LogP contribution in [0.3, 0.4) is 0 Å². The molecule has 0 saturated heterocycles. The van der Waals surface area contributed by atoms with Gasteiger partial charge in [0.25, 0.3) is 5.91 Å². The average Bonchev–Trinajstić information content (AvgIpc) is 2.36. The molecule has 0 aliphatic heterocycles. The van der Waals surface area contributed by atoms with Crippen molar-refractivity contribution in [3.63, 3.8) is 0 Å². The lowest BCUT2D eigenvalue weighted by Gasteiger charge is -2.09. The highest BCUT2D eigenvalue weighted by molar-refractivity contribution is 9.10. The molecule has 0 unspecified atom stereocenters. The Bertz CT molecular complexity index is 626. The number of halogens is 3. The van der Waals surface area contributed by atoms with Crippen LogP contribution in [0.25, 0.3) is 0 Å². The van der Waals surface area contributed by atoms with E-state index in [1.54, 1.807) is 18.2 Å². The molecule has 0 spiro atoms. The molecule has 0 fully saturated rings. The van der Waals surface area contributed by atoms with Crippen LogP contribution < -0.4 is 5.32 Å². The fourth-order valence-corrected chi connectivity index (χ4v) is 2.52. The summed E-state index contributed by atoms with van der Waals surface area (Å²) in [6.45, 7) is 1.91. The van der Waals surface area contributed by atoms with Crippen LogP contribution in [0.1, 0.15) is 15.9 Å². The number of rotatable bonds is 2. The highest BCUT2D eigenvalue weighted by Gasteiger charge is 2.10. The summed E-state index contributed by atoms with van der Waals surface area (Å²) in [6, 6.07) is 10.8. The van der Waals surface area contributed by atoms with Crippen LogP contribution in [0.2, 0.25) is 5.02 Å².